The van der Waals surface area contributed by atoms with E-state index in [0.717, 1.165) is 42.7 Å². The molecule has 0 saturated carbocycles. The molecule has 1 aliphatic heterocycles. The van der Waals surface area contributed by atoms with Gasteiger partial charge in [0.15, 0.2) is 5.78 Å². The fraction of sp³-hybridized carbons (Fsp3) is 0.292. The molecule has 1 N–H and O–H groups in total. The predicted molar refractivity (Wildman–Crippen MR) is 113 cm³/mol. The van der Waals surface area contributed by atoms with Crippen molar-refractivity contribution in [2.75, 3.05) is 20.2 Å². The molecule has 2 aromatic carbocycles. The molecule has 28 heavy (non-hydrogen) atoms. The molecule has 1 saturated heterocycles. The number of fused-ring (bicyclic) bond motifs is 1. The van der Waals surface area contributed by atoms with Gasteiger partial charge in [-0.2, -0.15) is 0 Å². The van der Waals surface area contributed by atoms with E-state index in [2.05, 4.69) is 28.1 Å². The minimum atomic E-state index is -0.0369. The number of nitrogens with zero attached hydrogens (tertiary/aromatic N) is 1. The van der Waals surface area contributed by atoms with E-state index in [1.807, 2.05) is 49.4 Å². The van der Waals surface area contributed by atoms with Crippen LogP contribution in [-0.4, -0.2) is 35.9 Å². The number of piperidine rings is 1. The predicted octanol–water partition coefficient (Wildman–Crippen LogP) is 4.83. The number of benzene rings is 2. The fourth-order valence-electron chi connectivity index (χ4n) is 4.05. The highest BCUT2D eigenvalue weighted by Crippen LogP contribution is 2.29. The molecule has 2 heterocycles. The maximum absolute atomic E-state index is 13.2. The summed E-state index contributed by atoms with van der Waals surface area (Å²) in [6.45, 7) is 4.67. The Morgan fingerprint density at radius 2 is 2.00 bits per heavy atom. The highest BCUT2D eigenvalue weighted by atomic mass is 16.5. The number of methoxy groups -OCH3 is 1. The smallest absolute Gasteiger partial charge is 0.186 e. The summed E-state index contributed by atoms with van der Waals surface area (Å²) in [5.41, 5.74) is 4.21. The Balaban J connectivity index is 1.46. The number of ketones is 1. The fourth-order valence-corrected chi connectivity index (χ4v) is 4.05. The van der Waals surface area contributed by atoms with Crippen molar-refractivity contribution in [1.29, 1.82) is 0 Å². The van der Waals surface area contributed by atoms with Crippen LogP contribution in [-0.2, 0) is 6.54 Å². The number of para-hydroxylation sites is 1. The molecule has 0 bridgehead atoms. The van der Waals surface area contributed by atoms with Crippen LogP contribution in [0.3, 0.4) is 0 Å². The average molecular weight is 374 g/mol. The van der Waals surface area contributed by atoms with E-state index in [-0.39, 0.29) is 11.7 Å². The molecule has 1 unspecified atom stereocenters. The van der Waals surface area contributed by atoms with Crippen LogP contribution in [0.2, 0.25) is 0 Å². The molecular weight excluding hydrogens is 348 g/mol. The molecule has 1 aromatic heterocycles. The van der Waals surface area contributed by atoms with Gasteiger partial charge in [-0.25, -0.2) is 0 Å². The number of ether oxygens (including phenoxy) is 1. The first-order valence-corrected chi connectivity index (χ1v) is 9.80. The summed E-state index contributed by atoms with van der Waals surface area (Å²) < 4.78 is 5.23. The van der Waals surface area contributed by atoms with Crippen molar-refractivity contribution < 1.29 is 9.53 Å². The summed E-state index contributed by atoms with van der Waals surface area (Å²) in [6.07, 6.45) is 2.97. The van der Waals surface area contributed by atoms with Crippen LogP contribution in [0.15, 0.2) is 66.2 Å². The van der Waals surface area contributed by atoms with E-state index in [1.165, 1.54) is 11.1 Å². The standard InChI is InChI=1S/C24H26N2O2/c1-3-18-16-26(15-17-8-10-20(28-2)11-9-17)13-12-21(18)24(27)23-14-19-6-4-5-7-22(19)25-23/h3-11,14,21,25H,12-13,15-16H2,1-2H3/b18-3-. The number of likely N-dealkylation sites (tertiary alicyclic amines) is 1. The lowest BCUT2D eigenvalue weighted by Gasteiger charge is -2.33. The van der Waals surface area contributed by atoms with Gasteiger partial charge in [0.1, 0.15) is 5.75 Å². The lowest BCUT2D eigenvalue weighted by Crippen LogP contribution is -2.38. The van der Waals surface area contributed by atoms with Gasteiger partial charge in [0.2, 0.25) is 0 Å². The van der Waals surface area contributed by atoms with Crippen molar-refractivity contribution in [3.8, 4) is 5.75 Å². The maximum atomic E-state index is 13.2. The van der Waals surface area contributed by atoms with Gasteiger partial charge < -0.3 is 9.72 Å². The number of hydrogen-bond donors (Lipinski definition) is 1. The number of Topliss-reactive ketones (excluding diaryl/α,β-unsaturated/α-hetero) is 1. The van der Waals surface area contributed by atoms with Gasteiger partial charge in [-0.1, -0.05) is 36.4 Å². The molecule has 0 amide bonds. The quantitative estimate of drug-likeness (QED) is 0.514. The van der Waals surface area contributed by atoms with Crippen molar-refractivity contribution in [3.05, 3.63) is 77.5 Å². The summed E-state index contributed by atoms with van der Waals surface area (Å²) in [7, 11) is 1.68. The second kappa shape index (κ2) is 8.03. The number of rotatable bonds is 5. The molecular formula is C24H26N2O2. The molecule has 0 aliphatic carbocycles. The van der Waals surface area contributed by atoms with E-state index in [0.29, 0.717) is 5.69 Å². The first-order chi connectivity index (χ1) is 13.7. The van der Waals surface area contributed by atoms with E-state index < -0.39 is 0 Å². The zero-order valence-corrected chi connectivity index (χ0v) is 16.4. The Hall–Kier alpha value is -2.85. The van der Waals surface area contributed by atoms with Crippen LogP contribution < -0.4 is 4.74 Å². The zero-order valence-electron chi connectivity index (χ0n) is 16.4. The molecule has 144 valence electrons. The minimum absolute atomic E-state index is 0.0369. The zero-order chi connectivity index (χ0) is 19.5. The maximum Gasteiger partial charge on any atom is 0.186 e. The van der Waals surface area contributed by atoms with Crippen molar-refractivity contribution in [3.63, 3.8) is 0 Å². The van der Waals surface area contributed by atoms with Crippen molar-refractivity contribution in [2.24, 2.45) is 5.92 Å². The van der Waals surface area contributed by atoms with E-state index >= 15 is 0 Å². The number of nitrogens with one attached hydrogen (secondary N) is 1. The Kier molecular flexibility index (Phi) is 5.31. The van der Waals surface area contributed by atoms with Crippen molar-refractivity contribution >= 4 is 16.7 Å². The Morgan fingerprint density at radius 1 is 1.21 bits per heavy atom. The number of allylic oxidation sites excluding steroid dienone is 1. The van der Waals surface area contributed by atoms with Crippen LogP contribution in [0, 0.1) is 5.92 Å². The van der Waals surface area contributed by atoms with Crippen molar-refractivity contribution in [1.82, 2.24) is 9.88 Å². The second-order valence-electron chi connectivity index (χ2n) is 7.40. The number of aromatic amines is 1. The monoisotopic (exact) mass is 374 g/mol. The molecule has 0 spiro atoms. The Labute approximate surface area is 165 Å². The topological polar surface area (TPSA) is 45.3 Å². The Bertz CT molecular complexity index is 968. The lowest BCUT2D eigenvalue weighted by atomic mass is 9.86. The van der Waals surface area contributed by atoms with Crippen LogP contribution in [0.25, 0.3) is 10.9 Å². The number of carbonyl (C=O) groups is 1. The van der Waals surface area contributed by atoms with Gasteiger partial charge in [0.25, 0.3) is 0 Å². The molecule has 0 radical (unpaired) electrons. The number of H-pyrrole nitrogens is 1. The van der Waals surface area contributed by atoms with Gasteiger partial charge >= 0.3 is 0 Å². The largest absolute Gasteiger partial charge is 0.497 e. The van der Waals surface area contributed by atoms with E-state index in [4.69, 9.17) is 4.74 Å². The first-order valence-electron chi connectivity index (χ1n) is 9.80. The number of carbonyl (C=O) groups excluding carboxylic acids is 1. The lowest BCUT2D eigenvalue weighted by molar-refractivity contribution is 0.0893. The van der Waals surface area contributed by atoms with Crippen LogP contribution in [0.4, 0.5) is 0 Å². The van der Waals surface area contributed by atoms with Crippen LogP contribution in [0.5, 0.6) is 5.75 Å². The highest BCUT2D eigenvalue weighted by Gasteiger charge is 2.30. The summed E-state index contributed by atoms with van der Waals surface area (Å²) in [5.74, 6) is 1.04. The van der Waals surface area contributed by atoms with Crippen LogP contribution in [0.1, 0.15) is 29.4 Å². The highest BCUT2D eigenvalue weighted by molar-refractivity contribution is 6.02. The van der Waals surface area contributed by atoms with Gasteiger partial charge in [0, 0.05) is 29.9 Å². The molecule has 4 heteroatoms. The molecule has 1 atom stereocenters. The third-order valence-corrected chi connectivity index (χ3v) is 5.64. The third-order valence-electron chi connectivity index (χ3n) is 5.64. The van der Waals surface area contributed by atoms with Gasteiger partial charge in [-0.3, -0.25) is 9.69 Å². The molecule has 3 aromatic rings. The van der Waals surface area contributed by atoms with Gasteiger partial charge in [-0.05, 0) is 55.3 Å². The third kappa shape index (κ3) is 3.73. The Morgan fingerprint density at radius 3 is 2.71 bits per heavy atom. The van der Waals surface area contributed by atoms with E-state index in [9.17, 15) is 4.79 Å². The number of hydrogen-bond acceptors (Lipinski definition) is 3. The van der Waals surface area contributed by atoms with E-state index in [1.54, 1.807) is 7.11 Å². The second-order valence-corrected chi connectivity index (χ2v) is 7.40. The average Bonchev–Trinajstić information content (AvgIpc) is 3.18. The number of aromatic nitrogens is 1. The van der Waals surface area contributed by atoms with Gasteiger partial charge in [-0.15, -0.1) is 0 Å². The first kappa shape index (κ1) is 18.5. The SMILES string of the molecule is C/C=C1/CN(Cc2ccc(OC)cc2)CCC1C(=O)c1cc2ccccc2[nH]1. The molecule has 4 rings (SSSR count). The molecule has 1 aliphatic rings. The van der Waals surface area contributed by atoms with Crippen LogP contribution >= 0.6 is 0 Å². The summed E-state index contributed by atoms with van der Waals surface area (Å²) in [4.78, 5) is 18.9. The normalized spacial score (nSPS) is 19.2. The minimum Gasteiger partial charge on any atom is -0.497 e. The summed E-state index contributed by atoms with van der Waals surface area (Å²) in [5, 5.41) is 1.09. The molecule has 1 fully saturated rings. The molecule has 4 nitrogen and oxygen atoms in total. The van der Waals surface area contributed by atoms with Crippen molar-refractivity contribution in [2.45, 2.75) is 19.9 Å². The summed E-state index contributed by atoms with van der Waals surface area (Å²) in [6, 6.07) is 18.2. The summed E-state index contributed by atoms with van der Waals surface area (Å²) >= 11 is 0. The van der Waals surface area contributed by atoms with Gasteiger partial charge in [0.05, 0.1) is 12.8 Å².